The summed E-state index contributed by atoms with van der Waals surface area (Å²) in [7, 11) is 0. The summed E-state index contributed by atoms with van der Waals surface area (Å²) in [6.07, 6.45) is 0. The Morgan fingerprint density at radius 2 is 1.83 bits per heavy atom. The molecule has 1 aromatic carbocycles. The number of hydrogen-bond acceptors (Lipinski definition) is 4. The van der Waals surface area contributed by atoms with E-state index in [4.69, 9.17) is 0 Å². The summed E-state index contributed by atoms with van der Waals surface area (Å²) in [4.78, 5) is 24.7. The molecule has 0 aliphatic carbocycles. The Morgan fingerprint density at radius 1 is 1.08 bits per heavy atom. The first-order chi connectivity index (χ1) is 11.6. The molecule has 0 radical (unpaired) electrons. The number of carbonyl (C=O) groups excluding carboxylic acids is 2. The van der Waals surface area contributed by atoms with E-state index in [0.717, 1.165) is 10.4 Å². The van der Waals surface area contributed by atoms with Gasteiger partial charge in [-0.3, -0.25) is 15.4 Å². The highest BCUT2D eigenvalue weighted by molar-refractivity contribution is 7.10. The van der Waals surface area contributed by atoms with Gasteiger partial charge in [0.15, 0.2) is 0 Å². The van der Waals surface area contributed by atoms with Gasteiger partial charge in [-0.25, -0.2) is 4.79 Å². The van der Waals surface area contributed by atoms with Gasteiger partial charge in [-0.05, 0) is 22.9 Å². The van der Waals surface area contributed by atoms with E-state index in [-0.39, 0.29) is 18.5 Å². The molecule has 1 heterocycles. The quantitative estimate of drug-likeness (QED) is 0.723. The van der Waals surface area contributed by atoms with Crippen molar-refractivity contribution >= 4 is 23.3 Å². The Bertz CT molecular complexity index is 642. The van der Waals surface area contributed by atoms with Crippen molar-refractivity contribution in [2.45, 2.75) is 19.9 Å². The molecule has 0 aliphatic heterocycles. The lowest BCUT2D eigenvalue weighted by molar-refractivity contribution is -0.119. The fraction of sp³-hybridized carbons (Fsp3) is 0.333. The molecule has 1 aromatic heterocycles. The Labute approximate surface area is 146 Å². The van der Waals surface area contributed by atoms with E-state index < -0.39 is 6.03 Å². The Hall–Kier alpha value is -2.18. The highest BCUT2D eigenvalue weighted by Gasteiger charge is 2.16. The lowest BCUT2D eigenvalue weighted by atomic mass is 10.1. The molecule has 24 heavy (non-hydrogen) atoms. The zero-order valence-corrected chi connectivity index (χ0v) is 14.7. The minimum absolute atomic E-state index is 0.0621. The van der Waals surface area contributed by atoms with Crippen LogP contribution in [-0.2, 0) is 4.79 Å². The summed E-state index contributed by atoms with van der Waals surface area (Å²) in [5.74, 6) is -0.0148. The van der Waals surface area contributed by atoms with Gasteiger partial charge in [0.1, 0.15) is 0 Å². The second-order valence-corrected chi connectivity index (χ2v) is 6.87. The van der Waals surface area contributed by atoms with Crippen molar-refractivity contribution < 1.29 is 9.59 Å². The SMILES string of the molecule is CC(C)CNC(=O)NC(=O)CN[C@@H](c1ccccc1)c1cccs1. The van der Waals surface area contributed by atoms with Crippen LogP contribution >= 0.6 is 11.3 Å². The van der Waals surface area contributed by atoms with Gasteiger partial charge in [0.2, 0.25) is 5.91 Å². The van der Waals surface area contributed by atoms with Crippen molar-refractivity contribution in [2.75, 3.05) is 13.1 Å². The highest BCUT2D eigenvalue weighted by atomic mass is 32.1. The van der Waals surface area contributed by atoms with Crippen LogP contribution in [0.25, 0.3) is 0 Å². The summed E-state index contributed by atoms with van der Waals surface area (Å²) < 4.78 is 0. The third kappa shape index (κ3) is 5.79. The predicted octanol–water partition coefficient (Wildman–Crippen LogP) is 2.91. The maximum absolute atomic E-state index is 12.0. The molecule has 3 amide bonds. The average molecular weight is 345 g/mol. The van der Waals surface area contributed by atoms with E-state index in [1.54, 1.807) is 11.3 Å². The number of hydrogen-bond donors (Lipinski definition) is 3. The van der Waals surface area contributed by atoms with Crippen molar-refractivity contribution in [2.24, 2.45) is 5.92 Å². The number of amides is 3. The standard InChI is InChI=1S/C18H23N3O2S/c1-13(2)11-20-18(23)21-16(22)12-19-17(15-9-6-10-24-15)14-7-4-3-5-8-14/h3-10,13,17,19H,11-12H2,1-2H3,(H2,20,21,22,23)/t17-/m0/s1. The first kappa shape index (κ1) is 18.2. The maximum Gasteiger partial charge on any atom is 0.321 e. The lowest BCUT2D eigenvalue weighted by Gasteiger charge is -2.18. The molecular formula is C18H23N3O2S. The van der Waals surface area contributed by atoms with Crippen molar-refractivity contribution in [3.63, 3.8) is 0 Å². The Kier molecular flexibility index (Phi) is 6.96. The van der Waals surface area contributed by atoms with Crippen LogP contribution in [0, 0.1) is 5.92 Å². The van der Waals surface area contributed by atoms with Crippen LogP contribution in [-0.4, -0.2) is 25.0 Å². The Balaban J connectivity index is 1.91. The molecule has 0 saturated carbocycles. The second-order valence-electron chi connectivity index (χ2n) is 5.89. The number of urea groups is 1. The molecule has 0 saturated heterocycles. The average Bonchev–Trinajstić information content (AvgIpc) is 3.08. The monoisotopic (exact) mass is 345 g/mol. The summed E-state index contributed by atoms with van der Waals surface area (Å²) in [6, 6.07) is 13.4. The summed E-state index contributed by atoms with van der Waals surface area (Å²) in [6.45, 7) is 4.59. The van der Waals surface area contributed by atoms with E-state index in [2.05, 4.69) is 16.0 Å². The van der Waals surface area contributed by atoms with Gasteiger partial charge in [0.05, 0.1) is 12.6 Å². The van der Waals surface area contributed by atoms with E-state index in [1.807, 2.05) is 61.7 Å². The van der Waals surface area contributed by atoms with Crippen LogP contribution in [0.3, 0.4) is 0 Å². The van der Waals surface area contributed by atoms with Crippen LogP contribution in [0.2, 0.25) is 0 Å². The van der Waals surface area contributed by atoms with E-state index in [9.17, 15) is 9.59 Å². The smallest absolute Gasteiger partial charge is 0.321 e. The molecule has 1 atom stereocenters. The lowest BCUT2D eigenvalue weighted by Crippen LogP contribution is -2.44. The molecule has 3 N–H and O–H groups in total. The van der Waals surface area contributed by atoms with Crippen molar-refractivity contribution in [1.82, 2.24) is 16.0 Å². The second kappa shape index (κ2) is 9.20. The minimum Gasteiger partial charge on any atom is -0.338 e. The third-order valence-electron chi connectivity index (χ3n) is 3.35. The highest BCUT2D eigenvalue weighted by Crippen LogP contribution is 2.25. The minimum atomic E-state index is -0.456. The molecule has 6 heteroatoms. The van der Waals surface area contributed by atoms with Crippen molar-refractivity contribution in [3.05, 3.63) is 58.3 Å². The van der Waals surface area contributed by atoms with E-state index in [1.165, 1.54) is 0 Å². The number of thiophene rings is 1. The van der Waals surface area contributed by atoms with Crippen molar-refractivity contribution in [3.8, 4) is 0 Å². The molecule has 0 bridgehead atoms. The van der Waals surface area contributed by atoms with Crippen LogP contribution in [0.15, 0.2) is 47.8 Å². The van der Waals surface area contributed by atoms with Gasteiger partial charge in [-0.2, -0.15) is 0 Å². The molecule has 5 nitrogen and oxygen atoms in total. The third-order valence-corrected chi connectivity index (χ3v) is 4.29. The number of imide groups is 1. The first-order valence-electron chi connectivity index (χ1n) is 7.95. The van der Waals surface area contributed by atoms with E-state index in [0.29, 0.717) is 12.5 Å². The molecule has 128 valence electrons. The van der Waals surface area contributed by atoms with Gasteiger partial charge >= 0.3 is 6.03 Å². The van der Waals surface area contributed by atoms with Gasteiger partial charge in [0.25, 0.3) is 0 Å². The zero-order chi connectivity index (χ0) is 17.4. The fourth-order valence-corrected chi connectivity index (χ4v) is 3.02. The van der Waals surface area contributed by atoms with Gasteiger partial charge < -0.3 is 5.32 Å². The number of carbonyl (C=O) groups is 2. The first-order valence-corrected chi connectivity index (χ1v) is 8.83. The molecular weight excluding hydrogens is 322 g/mol. The predicted molar refractivity (Wildman–Crippen MR) is 97.0 cm³/mol. The molecule has 0 fully saturated rings. The Morgan fingerprint density at radius 3 is 2.46 bits per heavy atom. The number of benzene rings is 1. The summed E-state index contributed by atoms with van der Waals surface area (Å²) in [5, 5.41) is 10.2. The van der Waals surface area contributed by atoms with Crippen LogP contribution < -0.4 is 16.0 Å². The van der Waals surface area contributed by atoms with Crippen LogP contribution in [0.5, 0.6) is 0 Å². The van der Waals surface area contributed by atoms with Gasteiger partial charge in [-0.15, -0.1) is 11.3 Å². The molecule has 0 spiro atoms. The number of nitrogens with one attached hydrogen (secondary N) is 3. The molecule has 0 unspecified atom stereocenters. The number of rotatable bonds is 7. The topological polar surface area (TPSA) is 70.2 Å². The van der Waals surface area contributed by atoms with Gasteiger partial charge in [0, 0.05) is 11.4 Å². The van der Waals surface area contributed by atoms with Crippen LogP contribution in [0.1, 0.15) is 30.3 Å². The van der Waals surface area contributed by atoms with E-state index >= 15 is 0 Å². The summed E-state index contributed by atoms with van der Waals surface area (Å²) >= 11 is 1.63. The zero-order valence-electron chi connectivity index (χ0n) is 13.9. The largest absolute Gasteiger partial charge is 0.338 e. The molecule has 0 aliphatic rings. The fourth-order valence-electron chi connectivity index (χ4n) is 2.19. The van der Waals surface area contributed by atoms with Crippen molar-refractivity contribution in [1.29, 1.82) is 0 Å². The maximum atomic E-state index is 12.0. The normalized spacial score (nSPS) is 12.0. The summed E-state index contributed by atoms with van der Waals surface area (Å²) in [5.41, 5.74) is 1.08. The van der Waals surface area contributed by atoms with Crippen LogP contribution in [0.4, 0.5) is 4.79 Å². The molecule has 2 rings (SSSR count). The van der Waals surface area contributed by atoms with Gasteiger partial charge in [-0.1, -0.05) is 50.2 Å². The molecule has 2 aromatic rings.